The largest absolute Gasteiger partial charge is 0.454 e. The molecule has 0 saturated carbocycles. The number of anilines is 1. The van der Waals surface area contributed by atoms with E-state index in [2.05, 4.69) is 5.32 Å². The van der Waals surface area contributed by atoms with Crippen LogP contribution in [0.3, 0.4) is 0 Å². The molecule has 0 aliphatic carbocycles. The van der Waals surface area contributed by atoms with Crippen LogP contribution in [-0.4, -0.2) is 41.8 Å². The number of amides is 1. The summed E-state index contributed by atoms with van der Waals surface area (Å²) < 4.78 is 16.5. The number of rotatable bonds is 4. The van der Waals surface area contributed by atoms with Gasteiger partial charge in [-0.05, 0) is 31.0 Å². The molecule has 1 saturated heterocycles. The maximum atomic E-state index is 13.3. The minimum absolute atomic E-state index is 0.00935. The molecule has 1 amide bonds. The highest BCUT2D eigenvalue weighted by Gasteiger charge is 2.39. The molecule has 0 aromatic heterocycles. The topological polar surface area (TPSA) is 103 Å². The molecule has 2 aromatic rings. The van der Waals surface area contributed by atoms with E-state index in [9.17, 15) is 14.9 Å². The number of nitrogens with zero attached hydrogens (tertiary/aromatic N) is 2. The molecule has 3 heterocycles. The molecule has 1 N–H and O–H groups in total. The van der Waals surface area contributed by atoms with E-state index in [0.29, 0.717) is 41.5 Å². The summed E-state index contributed by atoms with van der Waals surface area (Å²) in [5.41, 5.74) is 1.39. The summed E-state index contributed by atoms with van der Waals surface area (Å²) in [6.07, 6.45) is 0.963. The second-order valence-electron chi connectivity index (χ2n) is 7.21. The molecule has 2 aromatic carbocycles. The fourth-order valence-corrected chi connectivity index (χ4v) is 4.06. The van der Waals surface area contributed by atoms with Gasteiger partial charge in [-0.25, -0.2) is 0 Å². The monoisotopic (exact) mass is 397 g/mol. The van der Waals surface area contributed by atoms with Gasteiger partial charge < -0.3 is 24.4 Å². The van der Waals surface area contributed by atoms with Crippen molar-refractivity contribution in [1.82, 2.24) is 4.90 Å². The Morgan fingerprint density at radius 2 is 2.00 bits per heavy atom. The predicted molar refractivity (Wildman–Crippen MR) is 102 cm³/mol. The normalized spacial score (nSPS) is 22.3. The van der Waals surface area contributed by atoms with Crippen molar-refractivity contribution in [3.05, 3.63) is 57.6 Å². The maximum absolute atomic E-state index is 13.3. The van der Waals surface area contributed by atoms with E-state index in [-0.39, 0.29) is 24.5 Å². The summed E-state index contributed by atoms with van der Waals surface area (Å²) in [6.45, 7) is 1.01. The van der Waals surface area contributed by atoms with Crippen molar-refractivity contribution in [2.45, 2.75) is 25.1 Å². The number of hydrogen-bond acceptors (Lipinski definition) is 7. The summed E-state index contributed by atoms with van der Waals surface area (Å²) >= 11 is 0. The van der Waals surface area contributed by atoms with E-state index in [0.717, 1.165) is 12.8 Å². The van der Waals surface area contributed by atoms with Gasteiger partial charge in [0, 0.05) is 18.8 Å². The highest BCUT2D eigenvalue weighted by Crippen LogP contribution is 2.43. The van der Waals surface area contributed by atoms with Crippen molar-refractivity contribution < 1.29 is 23.9 Å². The lowest BCUT2D eigenvalue weighted by Gasteiger charge is -2.39. The molecule has 9 nitrogen and oxygen atoms in total. The Labute approximate surface area is 166 Å². The van der Waals surface area contributed by atoms with Gasteiger partial charge in [0.15, 0.2) is 11.5 Å². The van der Waals surface area contributed by atoms with Crippen LogP contribution >= 0.6 is 0 Å². The van der Waals surface area contributed by atoms with E-state index in [1.165, 1.54) is 6.07 Å². The molecule has 0 spiro atoms. The van der Waals surface area contributed by atoms with Crippen molar-refractivity contribution in [2.24, 2.45) is 0 Å². The summed E-state index contributed by atoms with van der Waals surface area (Å²) in [4.78, 5) is 26.3. The first-order chi connectivity index (χ1) is 14.1. The number of ether oxygens (including phenoxy) is 3. The number of nitrogens with one attached hydrogen (secondary N) is 1. The van der Waals surface area contributed by atoms with Crippen LogP contribution in [0.1, 0.15) is 34.9 Å². The van der Waals surface area contributed by atoms with Crippen LogP contribution in [0.2, 0.25) is 0 Å². The van der Waals surface area contributed by atoms with Gasteiger partial charge in [-0.1, -0.05) is 12.1 Å². The maximum Gasteiger partial charge on any atom is 0.280 e. The van der Waals surface area contributed by atoms with E-state index in [4.69, 9.17) is 14.2 Å². The highest BCUT2D eigenvalue weighted by atomic mass is 16.7. The zero-order valence-corrected chi connectivity index (χ0v) is 15.5. The molecule has 3 aliphatic heterocycles. The van der Waals surface area contributed by atoms with E-state index < -0.39 is 11.1 Å². The quantitative estimate of drug-likeness (QED) is 0.625. The third-order valence-corrected chi connectivity index (χ3v) is 5.46. The Morgan fingerprint density at radius 3 is 2.76 bits per heavy atom. The van der Waals surface area contributed by atoms with E-state index >= 15 is 0 Å². The van der Waals surface area contributed by atoms with Crippen LogP contribution in [0.4, 0.5) is 11.4 Å². The Balaban J connectivity index is 1.61. The van der Waals surface area contributed by atoms with Crippen molar-refractivity contribution in [2.75, 3.05) is 25.3 Å². The van der Waals surface area contributed by atoms with Crippen LogP contribution in [0.5, 0.6) is 11.5 Å². The Kier molecular flexibility index (Phi) is 4.24. The summed E-state index contributed by atoms with van der Waals surface area (Å²) in [5.74, 6) is 0.566. The van der Waals surface area contributed by atoms with Gasteiger partial charge in [0.1, 0.15) is 6.17 Å². The summed E-state index contributed by atoms with van der Waals surface area (Å²) in [6, 6.07) is 10.1. The third-order valence-electron chi connectivity index (χ3n) is 5.46. The first-order valence-electron chi connectivity index (χ1n) is 9.48. The van der Waals surface area contributed by atoms with Gasteiger partial charge in [0.05, 0.1) is 28.2 Å². The average molecular weight is 397 g/mol. The van der Waals surface area contributed by atoms with Crippen LogP contribution < -0.4 is 14.8 Å². The van der Waals surface area contributed by atoms with Gasteiger partial charge >= 0.3 is 0 Å². The average Bonchev–Trinajstić information content (AvgIpc) is 3.40. The van der Waals surface area contributed by atoms with Gasteiger partial charge in [0.25, 0.3) is 11.6 Å². The number of nitro groups is 1. The molecule has 5 rings (SSSR count). The Hall–Kier alpha value is -3.33. The SMILES string of the molecule is O=C1c2ccccc2NC(c2cc3c(cc2[N+](=O)[O-])OCO3)N1CC1CCCO1. The Morgan fingerprint density at radius 1 is 1.21 bits per heavy atom. The minimum Gasteiger partial charge on any atom is -0.454 e. The predicted octanol–water partition coefficient (Wildman–Crippen LogP) is 3.07. The van der Waals surface area contributed by atoms with Crippen molar-refractivity contribution in [1.29, 1.82) is 0 Å². The van der Waals surface area contributed by atoms with Gasteiger partial charge in [-0.15, -0.1) is 0 Å². The zero-order chi connectivity index (χ0) is 20.0. The lowest BCUT2D eigenvalue weighted by atomic mass is 10.0. The van der Waals surface area contributed by atoms with Crippen LogP contribution in [0, 0.1) is 10.1 Å². The van der Waals surface area contributed by atoms with Crippen LogP contribution in [-0.2, 0) is 4.74 Å². The lowest BCUT2D eigenvalue weighted by Crippen LogP contribution is -2.46. The van der Waals surface area contributed by atoms with Gasteiger partial charge in [-0.2, -0.15) is 0 Å². The molecule has 1 fully saturated rings. The molecule has 2 atom stereocenters. The van der Waals surface area contributed by atoms with Crippen LogP contribution in [0.15, 0.2) is 36.4 Å². The van der Waals surface area contributed by atoms with Crippen molar-refractivity contribution in [3.63, 3.8) is 0 Å². The molecular formula is C20H19N3O6. The fourth-order valence-electron chi connectivity index (χ4n) is 4.06. The summed E-state index contributed by atoms with van der Waals surface area (Å²) in [5, 5.41) is 15.1. The Bertz CT molecular complexity index is 988. The second-order valence-corrected chi connectivity index (χ2v) is 7.21. The second kappa shape index (κ2) is 6.93. The minimum atomic E-state index is -0.725. The van der Waals surface area contributed by atoms with Gasteiger partial charge in [-0.3, -0.25) is 14.9 Å². The number of para-hydroxylation sites is 1. The molecule has 9 heteroatoms. The molecule has 150 valence electrons. The van der Waals surface area contributed by atoms with E-state index in [1.54, 1.807) is 29.2 Å². The third kappa shape index (κ3) is 3.03. The summed E-state index contributed by atoms with van der Waals surface area (Å²) in [7, 11) is 0. The number of carbonyl (C=O) groups excluding carboxylic acids is 1. The first kappa shape index (κ1) is 17.7. The van der Waals surface area contributed by atoms with Gasteiger partial charge in [0.2, 0.25) is 6.79 Å². The molecular weight excluding hydrogens is 378 g/mol. The number of carbonyl (C=O) groups is 1. The molecule has 0 radical (unpaired) electrons. The smallest absolute Gasteiger partial charge is 0.280 e. The zero-order valence-electron chi connectivity index (χ0n) is 15.5. The molecule has 3 aliphatic rings. The number of fused-ring (bicyclic) bond motifs is 2. The molecule has 0 bridgehead atoms. The number of benzene rings is 2. The lowest BCUT2D eigenvalue weighted by molar-refractivity contribution is -0.385. The standard InChI is InChI=1S/C20H19N3O6/c24-20-13-5-1-2-6-15(13)21-19(22(20)10-12-4-3-7-27-12)14-8-17-18(29-11-28-17)9-16(14)23(25)26/h1-2,5-6,8-9,12,19,21H,3-4,7,10-11H2. The molecule has 29 heavy (non-hydrogen) atoms. The highest BCUT2D eigenvalue weighted by molar-refractivity contribution is 6.01. The van der Waals surface area contributed by atoms with E-state index in [1.807, 2.05) is 6.07 Å². The number of hydrogen-bond donors (Lipinski definition) is 1. The molecule has 2 unspecified atom stereocenters. The first-order valence-corrected chi connectivity index (χ1v) is 9.48. The fraction of sp³-hybridized carbons (Fsp3) is 0.350. The van der Waals surface area contributed by atoms with Crippen molar-refractivity contribution in [3.8, 4) is 11.5 Å². The van der Waals surface area contributed by atoms with Crippen LogP contribution in [0.25, 0.3) is 0 Å². The van der Waals surface area contributed by atoms with Crippen molar-refractivity contribution >= 4 is 17.3 Å². The number of nitro benzene ring substituents is 1.